The summed E-state index contributed by atoms with van der Waals surface area (Å²) in [4.78, 5) is 13.2. The van der Waals surface area contributed by atoms with Crippen molar-refractivity contribution < 1.29 is 14.3 Å². The van der Waals surface area contributed by atoms with Gasteiger partial charge in [0.15, 0.2) is 0 Å². The molecule has 1 aromatic carbocycles. The van der Waals surface area contributed by atoms with Gasteiger partial charge in [0.25, 0.3) is 0 Å². The molecule has 4 heteroatoms. The van der Waals surface area contributed by atoms with Crippen LogP contribution in [0.3, 0.4) is 0 Å². The summed E-state index contributed by atoms with van der Waals surface area (Å²) >= 11 is 0. The Bertz CT molecular complexity index is 469. The lowest BCUT2D eigenvalue weighted by Gasteiger charge is -2.25. The molecule has 122 valence electrons. The molecule has 0 unspecified atom stereocenters. The minimum atomic E-state index is 0.587. The monoisotopic (exact) mass is 305 g/mol. The Kier molecular flexibility index (Phi) is 6.56. The first-order valence-corrected chi connectivity index (χ1v) is 8.17. The molecule has 0 atom stereocenters. The number of hydrogen-bond donors (Lipinski definition) is 0. The fourth-order valence-electron chi connectivity index (χ4n) is 3.19. The Labute approximate surface area is 133 Å². The predicted molar refractivity (Wildman–Crippen MR) is 87.2 cm³/mol. The van der Waals surface area contributed by atoms with Gasteiger partial charge in [-0.3, -0.25) is 4.79 Å². The van der Waals surface area contributed by atoms with E-state index in [1.165, 1.54) is 32.1 Å². The zero-order valence-corrected chi connectivity index (χ0v) is 13.7. The molecular formula is C18H27NO3. The van der Waals surface area contributed by atoms with Crippen molar-refractivity contribution >= 4 is 6.41 Å². The smallest absolute Gasteiger partial charge is 0.210 e. The van der Waals surface area contributed by atoms with Gasteiger partial charge in [0.05, 0.1) is 14.2 Å². The first-order chi connectivity index (χ1) is 10.8. The minimum Gasteiger partial charge on any atom is -0.497 e. The van der Waals surface area contributed by atoms with Crippen molar-refractivity contribution in [2.75, 3.05) is 20.8 Å². The quantitative estimate of drug-likeness (QED) is 0.688. The largest absolute Gasteiger partial charge is 0.497 e. The molecule has 1 aromatic rings. The van der Waals surface area contributed by atoms with Crippen molar-refractivity contribution in [2.45, 2.75) is 45.1 Å². The van der Waals surface area contributed by atoms with Gasteiger partial charge < -0.3 is 14.4 Å². The van der Waals surface area contributed by atoms with Gasteiger partial charge in [0.2, 0.25) is 6.41 Å². The van der Waals surface area contributed by atoms with Gasteiger partial charge in [-0.05, 0) is 24.5 Å². The highest BCUT2D eigenvalue weighted by molar-refractivity contribution is 5.49. The maximum atomic E-state index is 11.4. The Hall–Kier alpha value is -1.71. The Morgan fingerprint density at radius 1 is 1.18 bits per heavy atom. The van der Waals surface area contributed by atoms with Gasteiger partial charge in [-0.1, -0.05) is 32.1 Å². The molecule has 1 fully saturated rings. The van der Waals surface area contributed by atoms with Crippen LogP contribution in [0, 0.1) is 5.92 Å². The van der Waals surface area contributed by atoms with E-state index < -0.39 is 0 Å². The van der Waals surface area contributed by atoms with E-state index in [-0.39, 0.29) is 0 Å². The number of methoxy groups -OCH3 is 2. The van der Waals surface area contributed by atoms with Crippen molar-refractivity contribution in [3.05, 3.63) is 23.8 Å². The van der Waals surface area contributed by atoms with Gasteiger partial charge in [0, 0.05) is 24.7 Å². The molecule has 0 spiro atoms. The SMILES string of the molecule is COc1ccc(CN(C=O)CCC2CCCCC2)c(OC)c1. The third kappa shape index (κ3) is 4.65. The van der Waals surface area contributed by atoms with Crippen molar-refractivity contribution in [1.29, 1.82) is 0 Å². The van der Waals surface area contributed by atoms with Crippen molar-refractivity contribution in [1.82, 2.24) is 4.90 Å². The van der Waals surface area contributed by atoms with Gasteiger partial charge >= 0.3 is 0 Å². The Morgan fingerprint density at radius 2 is 1.95 bits per heavy atom. The lowest BCUT2D eigenvalue weighted by Crippen LogP contribution is -2.25. The molecule has 0 heterocycles. The van der Waals surface area contributed by atoms with E-state index in [4.69, 9.17) is 9.47 Å². The average Bonchev–Trinajstić information content (AvgIpc) is 2.59. The zero-order valence-electron chi connectivity index (χ0n) is 13.7. The molecule has 0 bridgehead atoms. The molecule has 22 heavy (non-hydrogen) atoms. The summed E-state index contributed by atoms with van der Waals surface area (Å²) in [6, 6.07) is 5.73. The van der Waals surface area contributed by atoms with Crippen LogP contribution in [0.1, 0.15) is 44.1 Å². The van der Waals surface area contributed by atoms with Crippen LogP contribution in [-0.4, -0.2) is 32.1 Å². The highest BCUT2D eigenvalue weighted by Gasteiger charge is 2.15. The fraction of sp³-hybridized carbons (Fsp3) is 0.611. The number of carbonyl (C=O) groups is 1. The van der Waals surface area contributed by atoms with E-state index in [0.717, 1.165) is 42.4 Å². The van der Waals surface area contributed by atoms with Crippen LogP contribution in [0.5, 0.6) is 11.5 Å². The molecule has 2 rings (SSSR count). The van der Waals surface area contributed by atoms with Gasteiger partial charge in [-0.25, -0.2) is 0 Å². The number of ether oxygens (including phenoxy) is 2. The standard InChI is InChI=1S/C18H27NO3/c1-21-17-9-8-16(18(12-17)22-2)13-19(14-20)11-10-15-6-4-3-5-7-15/h8-9,12,14-15H,3-7,10-11,13H2,1-2H3. The summed E-state index contributed by atoms with van der Waals surface area (Å²) in [5.41, 5.74) is 1.01. The van der Waals surface area contributed by atoms with E-state index >= 15 is 0 Å². The Morgan fingerprint density at radius 3 is 2.59 bits per heavy atom. The predicted octanol–water partition coefficient (Wildman–Crippen LogP) is 3.63. The van der Waals surface area contributed by atoms with E-state index in [1.807, 2.05) is 23.1 Å². The van der Waals surface area contributed by atoms with Crippen molar-refractivity contribution in [3.63, 3.8) is 0 Å². The molecule has 0 saturated heterocycles. The van der Waals surface area contributed by atoms with Crippen LogP contribution in [0.2, 0.25) is 0 Å². The summed E-state index contributed by atoms with van der Waals surface area (Å²) in [5.74, 6) is 2.32. The number of hydrogen-bond acceptors (Lipinski definition) is 3. The van der Waals surface area contributed by atoms with E-state index in [1.54, 1.807) is 14.2 Å². The van der Waals surface area contributed by atoms with Crippen LogP contribution in [0.4, 0.5) is 0 Å². The fourth-order valence-corrected chi connectivity index (χ4v) is 3.19. The van der Waals surface area contributed by atoms with Crippen molar-refractivity contribution in [3.8, 4) is 11.5 Å². The first-order valence-electron chi connectivity index (χ1n) is 8.17. The molecule has 4 nitrogen and oxygen atoms in total. The van der Waals surface area contributed by atoms with Gasteiger partial charge in [-0.2, -0.15) is 0 Å². The second kappa shape index (κ2) is 8.66. The lowest BCUT2D eigenvalue weighted by atomic mass is 9.87. The molecule has 0 aliphatic heterocycles. The second-order valence-corrected chi connectivity index (χ2v) is 6.05. The summed E-state index contributed by atoms with van der Waals surface area (Å²) in [5, 5.41) is 0. The summed E-state index contributed by atoms with van der Waals surface area (Å²) in [6.45, 7) is 1.41. The maximum absolute atomic E-state index is 11.4. The van der Waals surface area contributed by atoms with Crippen LogP contribution in [0.25, 0.3) is 0 Å². The minimum absolute atomic E-state index is 0.587. The molecule has 0 aromatic heterocycles. The highest BCUT2D eigenvalue weighted by Crippen LogP contribution is 2.28. The molecule has 1 aliphatic rings. The third-order valence-corrected chi connectivity index (χ3v) is 4.57. The summed E-state index contributed by atoms with van der Waals surface area (Å²) in [7, 11) is 3.28. The number of benzene rings is 1. The molecule has 0 radical (unpaired) electrons. The topological polar surface area (TPSA) is 38.8 Å². The number of nitrogens with zero attached hydrogens (tertiary/aromatic N) is 1. The summed E-state index contributed by atoms with van der Waals surface area (Å²) < 4.78 is 10.6. The summed E-state index contributed by atoms with van der Waals surface area (Å²) in [6.07, 6.45) is 8.76. The molecule has 1 amide bonds. The lowest BCUT2D eigenvalue weighted by molar-refractivity contribution is -0.118. The molecule has 0 N–H and O–H groups in total. The Balaban J connectivity index is 1.92. The van der Waals surface area contributed by atoms with Crippen LogP contribution < -0.4 is 9.47 Å². The highest BCUT2D eigenvalue weighted by atomic mass is 16.5. The second-order valence-electron chi connectivity index (χ2n) is 6.05. The van der Waals surface area contributed by atoms with E-state index in [2.05, 4.69) is 0 Å². The van der Waals surface area contributed by atoms with Crippen LogP contribution >= 0.6 is 0 Å². The van der Waals surface area contributed by atoms with Crippen LogP contribution in [-0.2, 0) is 11.3 Å². The average molecular weight is 305 g/mol. The third-order valence-electron chi connectivity index (χ3n) is 4.57. The maximum Gasteiger partial charge on any atom is 0.210 e. The molecule has 1 saturated carbocycles. The first kappa shape index (κ1) is 16.7. The normalized spacial score (nSPS) is 15.4. The zero-order chi connectivity index (χ0) is 15.8. The van der Waals surface area contributed by atoms with E-state index in [9.17, 15) is 4.79 Å². The number of carbonyl (C=O) groups excluding carboxylic acids is 1. The van der Waals surface area contributed by atoms with Crippen molar-refractivity contribution in [2.24, 2.45) is 5.92 Å². The van der Waals surface area contributed by atoms with E-state index in [0.29, 0.717) is 6.54 Å². The molecular weight excluding hydrogens is 278 g/mol. The van der Waals surface area contributed by atoms with Gasteiger partial charge in [0.1, 0.15) is 11.5 Å². The van der Waals surface area contributed by atoms with Crippen LogP contribution in [0.15, 0.2) is 18.2 Å². The number of rotatable bonds is 8. The molecule has 1 aliphatic carbocycles. The van der Waals surface area contributed by atoms with Gasteiger partial charge in [-0.15, -0.1) is 0 Å². The number of amides is 1.